The van der Waals surface area contributed by atoms with E-state index in [2.05, 4.69) is 11.9 Å². The van der Waals surface area contributed by atoms with Gasteiger partial charge in [-0.15, -0.1) is 0 Å². The maximum Gasteiger partial charge on any atom is 0.151 e. The summed E-state index contributed by atoms with van der Waals surface area (Å²) in [5.74, 6) is 0.990. The molecule has 0 bridgehead atoms. The lowest BCUT2D eigenvalue weighted by Gasteiger charge is -2.32. The van der Waals surface area contributed by atoms with E-state index < -0.39 is 0 Å². The number of likely N-dealkylation sites (tertiary alicyclic amines) is 1. The zero-order valence-electron chi connectivity index (χ0n) is 8.25. The lowest BCUT2D eigenvalue weighted by molar-refractivity contribution is 0.182. The minimum atomic E-state index is 0.249. The minimum Gasteiger partial charge on any atom is -0.379 e. The van der Waals surface area contributed by atoms with Crippen LogP contribution in [0.1, 0.15) is 25.7 Å². The van der Waals surface area contributed by atoms with Gasteiger partial charge in [0.05, 0.1) is 0 Å². The summed E-state index contributed by atoms with van der Waals surface area (Å²) in [6.07, 6.45) is 5.18. The van der Waals surface area contributed by atoms with Gasteiger partial charge in [-0.2, -0.15) is 0 Å². The molecule has 0 spiro atoms. The molecule has 1 atom stereocenters. The van der Waals surface area contributed by atoms with Gasteiger partial charge in [-0.05, 0) is 32.9 Å². The molecule has 0 aromatic heterocycles. The second kappa shape index (κ2) is 5.50. The van der Waals surface area contributed by atoms with Crippen molar-refractivity contribution in [2.45, 2.75) is 31.7 Å². The Hall–Kier alpha value is -0.220. The summed E-state index contributed by atoms with van der Waals surface area (Å²) in [6.45, 7) is 1.23. The lowest BCUT2D eigenvalue weighted by Crippen LogP contribution is -2.36. The first-order valence-corrected chi connectivity index (χ1v) is 5.86. The quantitative estimate of drug-likeness (QED) is 0.537. The predicted octanol–water partition coefficient (Wildman–Crippen LogP) is 1.49. The van der Waals surface area contributed by atoms with Gasteiger partial charge in [0.1, 0.15) is 0 Å². The van der Waals surface area contributed by atoms with E-state index in [4.69, 9.17) is 11.1 Å². The van der Waals surface area contributed by atoms with Gasteiger partial charge < -0.3 is 10.6 Å². The van der Waals surface area contributed by atoms with Gasteiger partial charge in [-0.25, -0.2) is 0 Å². The predicted molar refractivity (Wildman–Crippen MR) is 59.3 cm³/mol. The fraction of sp³-hybridized carbons (Fsp3) is 0.889. The van der Waals surface area contributed by atoms with Gasteiger partial charge in [-0.3, -0.25) is 5.41 Å². The van der Waals surface area contributed by atoms with Crippen LogP contribution in [0.3, 0.4) is 0 Å². The van der Waals surface area contributed by atoms with Gasteiger partial charge in [0.15, 0.2) is 5.17 Å². The molecule has 76 valence electrons. The van der Waals surface area contributed by atoms with Crippen LogP contribution in [-0.2, 0) is 0 Å². The normalized spacial score (nSPS) is 24.5. The van der Waals surface area contributed by atoms with Crippen molar-refractivity contribution >= 4 is 16.9 Å². The molecule has 0 radical (unpaired) electrons. The summed E-state index contributed by atoms with van der Waals surface area (Å²) in [5.41, 5.74) is 5.28. The maximum absolute atomic E-state index is 7.09. The van der Waals surface area contributed by atoms with E-state index in [0.717, 1.165) is 11.8 Å². The molecule has 1 heterocycles. The largest absolute Gasteiger partial charge is 0.379 e. The molecule has 1 rings (SSSR count). The number of nitrogens with zero attached hydrogens (tertiary/aromatic N) is 1. The van der Waals surface area contributed by atoms with Crippen molar-refractivity contribution < 1.29 is 0 Å². The Morgan fingerprint density at radius 3 is 3.00 bits per heavy atom. The smallest absolute Gasteiger partial charge is 0.151 e. The van der Waals surface area contributed by atoms with Crippen LogP contribution < -0.4 is 5.73 Å². The van der Waals surface area contributed by atoms with Gasteiger partial charge >= 0.3 is 0 Å². The topological polar surface area (TPSA) is 53.1 Å². The number of hydrogen-bond acceptors (Lipinski definition) is 3. The fourth-order valence-electron chi connectivity index (χ4n) is 1.81. The summed E-state index contributed by atoms with van der Waals surface area (Å²) >= 11 is 1.46. The highest BCUT2D eigenvalue weighted by atomic mass is 32.2. The van der Waals surface area contributed by atoms with Gasteiger partial charge in [0.25, 0.3) is 0 Å². The van der Waals surface area contributed by atoms with Crippen LogP contribution in [-0.4, -0.2) is 35.5 Å². The Morgan fingerprint density at radius 2 is 2.38 bits per heavy atom. The SMILES string of the molecule is CN1CCCCC1CCSC(=N)N. The van der Waals surface area contributed by atoms with Crippen LogP contribution in [0.15, 0.2) is 0 Å². The molecule has 0 aromatic rings. The number of thioether (sulfide) groups is 1. The van der Waals surface area contributed by atoms with E-state index >= 15 is 0 Å². The van der Waals surface area contributed by atoms with E-state index in [0.29, 0.717) is 0 Å². The highest BCUT2D eigenvalue weighted by Gasteiger charge is 2.17. The van der Waals surface area contributed by atoms with Crippen LogP contribution in [0, 0.1) is 5.41 Å². The van der Waals surface area contributed by atoms with Crippen molar-refractivity contribution in [3.05, 3.63) is 0 Å². The average Bonchev–Trinajstić information content (AvgIpc) is 2.08. The van der Waals surface area contributed by atoms with Crippen molar-refractivity contribution in [1.29, 1.82) is 5.41 Å². The van der Waals surface area contributed by atoms with Crippen LogP contribution in [0.4, 0.5) is 0 Å². The number of nitrogens with two attached hydrogens (primary N) is 1. The Balaban J connectivity index is 2.15. The first kappa shape index (κ1) is 10.9. The third-order valence-corrected chi connectivity index (χ3v) is 3.38. The van der Waals surface area contributed by atoms with Gasteiger partial charge in [0.2, 0.25) is 0 Å². The molecule has 0 amide bonds. The van der Waals surface area contributed by atoms with Crippen LogP contribution in [0.2, 0.25) is 0 Å². The van der Waals surface area contributed by atoms with Crippen molar-refractivity contribution in [2.75, 3.05) is 19.3 Å². The Morgan fingerprint density at radius 1 is 1.62 bits per heavy atom. The summed E-state index contributed by atoms with van der Waals surface area (Å²) in [4.78, 5) is 2.43. The van der Waals surface area contributed by atoms with E-state index in [1.807, 2.05) is 0 Å². The molecule has 1 aliphatic rings. The lowest BCUT2D eigenvalue weighted by atomic mass is 10.0. The molecule has 1 saturated heterocycles. The molecule has 13 heavy (non-hydrogen) atoms. The van der Waals surface area contributed by atoms with Crippen LogP contribution >= 0.6 is 11.8 Å². The number of rotatable bonds is 3. The Bertz CT molecular complexity index is 172. The molecule has 0 aromatic carbocycles. The molecule has 1 unspecified atom stereocenters. The van der Waals surface area contributed by atoms with E-state index in [9.17, 15) is 0 Å². The average molecular weight is 201 g/mol. The van der Waals surface area contributed by atoms with E-state index in [1.165, 1.54) is 44.0 Å². The van der Waals surface area contributed by atoms with E-state index in [1.54, 1.807) is 0 Å². The van der Waals surface area contributed by atoms with Gasteiger partial charge in [-0.1, -0.05) is 18.2 Å². The molecule has 3 nitrogen and oxygen atoms in total. The Labute approximate surface area is 84.6 Å². The van der Waals surface area contributed by atoms with Crippen molar-refractivity contribution in [3.63, 3.8) is 0 Å². The summed E-state index contributed by atoms with van der Waals surface area (Å²) < 4.78 is 0. The molecule has 1 fully saturated rings. The first-order valence-electron chi connectivity index (χ1n) is 4.87. The monoisotopic (exact) mass is 201 g/mol. The second-order valence-electron chi connectivity index (χ2n) is 3.63. The third kappa shape index (κ3) is 4.00. The molecule has 1 aliphatic heterocycles. The molecule has 0 saturated carbocycles. The van der Waals surface area contributed by atoms with Crippen molar-refractivity contribution in [3.8, 4) is 0 Å². The van der Waals surface area contributed by atoms with Crippen molar-refractivity contribution in [1.82, 2.24) is 4.90 Å². The van der Waals surface area contributed by atoms with Crippen LogP contribution in [0.25, 0.3) is 0 Å². The molecular formula is C9H19N3S. The summed E-state index contributed by atoms with van der Waals surface area (Å²) in [7, 11) is 2.20. The van der Waals surface area contributed by atoms with Crippen LogP contribution in [0.5, 0.6) is 0 Å². The van der Waals surface area contributed by atoms with Gasteiger partial charge in [0, 0.05) is 11.8 Å². The highest BCUT2D eigenvalue weighted by Crippen LogP contribution is 2.19. The number of hydrogen-bond donors (Lipinski definition) is 2. The first-order chi connectivity index (χ1) is 6.20. The standard InChI is InChI=1S/C9H19N3S/c1-12-6-3-2-4-8(12)5-7-13-9(10)11/h8H,2-7H2,1H3,(H3,10,11). The molecule has 4 heteroatoms. The van der Waals surface area contributed by atoms with Crippen molar-refractivity contribution in [2.24, 2.45) is 5.73 Å². The Kier molecular flexibility index (Phi) is 4.59. The maximum atomic E-state index is 7.09. The molecular weight excluding hydrogens is 182 g/mol. The second-order valence-corrected chi connectivity index (χ2v) is 4.77. The zero-order chi connectivity index (χ0) is 9.68. The third-order valence-electron chi connectivity index (χ3n) is 2.63. The molecule has 3 N–H and O–H groups in total. The highest BCUT2D eigenvalue weighted by molar-refractivity contribution is 8.13. The minimum absolute atomic E-state index is 0.249. The number of piperidine rings is 1. The fourth-order valence-corrected chi connectivity index (χ4v) is 2.42. The van der Waals surface area contributed by atoms with E-state index in [-0.39, 0.29) is 5.17 Å². The number of amidine groups is 1. The summed E-state index contributed by atoms with van der Waals surface area (Å²) in [5, 5.41) is 7.34. The summed E-state index contributed by atoms with van der Waals surface area (Å²) in [6, 6.07) is 0.723. The zero-order valence-corrected chi connectivity index (χ0v) is 9.07. The number of nitrogens with one attached hydrogen (secondary N) is 1. The molecule has 0 aliphatic carbocycles.